The summed E-state index contributed by atoms with van der Waals surface area (Å²) in [6.07, 6.45) is 0.506. The Morgan fingerprint density at radius 2 is 2.17 bits per heavy atom. The molecule has 0 unspecified atom stereocenters. The number of hydrogen-bond donors (Lipinski definition) is 1. The van der Waals surface area contributed by atoms with Crippen molar-refractivity contribution in [2.24, 2.45) is 0 Å². The summed E-state index contributed by atoms with van der Waals surface area (Å²) < 4.78 is 4.90. The number of benzene rings is 1. The lowest BCUT2D eigenvalue weighted by Crippen LogP contribution is -2.35. The Morgan fingerprint density at radius 3 is 2.87 bits per heavy atom. The van der Waals surface area contributed by atoms with Gasteiger partial charge in [0, 0.05) is 35.5 Å². The standard InChI is InChI=1S/C18H14ClN5O5S/c1-9-6-13(22-29-9)16(25)21-18-20-12-4-5-23(8-15(12)30-18)17(26)10-2-3-11(19)14(7-10)24(27)28/h2-3,6-7H,4-5,8H2,1H3,(H,20,21,25). The van der Waals surface area contributed by atoms with Gasteiger partial charge in [-0.05, 0) is 19.1 Å². The first-order valence-corrected chi connectivity index (χ1v) is 9.97. The van der Waals surface area contributed by atoms with Gasteiger partial charge in [-0.25, -0.2) is 4.98 Å². The number of amides is 2. The van der Waals surface area contributed by atoms with Crippen molar-refractivity contribution in [3.8, 4) is 0 Å². The molecule has 3 heterocycles. The highest BCUT2D eigenvalue weighted by atomic mass is 35.5. The van der Waals surface area contributed by atoms with Gasteiger partial charge in [0.05, 0.1) is 17.2 Å². The van der Waals surface area contributed by atoms with E-state index in [1.807, 2.05) is 0 Å². The van der Waals surface area contributed by atoms with E-state index in [1.165, 1.54) is 35.6 Å². The fraction of sp³-hybridized carbons (Fsp3) is 0.222. The second-order valence-corrected chi connectivity index (χ2v) is 8.06. The zero-order chi connectivity index (χ0) is 21.4. The van der Waals surface area contributed by atoms with Crippen LogP contribution in [0.1, 0.15) is 37.2 Å². The normalized spacial score (nSPS) is 13.1. The fourth-order valence-corrected chi connectivity index (χ4v) is 4.23. The number of anilines is 1. The summed E-state index contributed by atoms with van der Waals surface area (Å²) in [4.78, 5) is 42.3. The first-order chi connectivity index (χ1) is 14.3. The van der Waals surface area contributed by atoms with Gasteiger partial charge in [-0.3, -0.25) is 25.0 Å². The number of aryl methyl sites for hydroxylation is 1. The van der Waals surface area contributed by atoms with Gasteiger partial charge in [-0.1, -0.05) is 28.1 Å². The highest BCUT2D eigenvalue weighted by Crippen LogP contribution is 2.30. The molecular weight excluding hydrogens is 434 g/mol. The topological polar surface area (TPSA) is 131 Å². The summed E-state index contributed by atoms with van der Waals surface area (Å²) in [7, 11) is 0. The van der Waals surface area contributed by atoms with E-state index in [9.17, 15) is 19.7 Å². The van der Waals surface area contributed by atoms with Crippen LogP contribution in [0.2, 0.25) is 5.02 Å². The molecule has 0 aliphatic carbocycles. The van der Waals surface area contributed by atoms with Crippen LogP contribution in [0, 0.1) is 17.0 Å². The van der Waals surface area contributed by atoms with Gasteiger partial charge in [-0.2, -0.15) is 0 Å². The maximum atomic E-state index is 12.8. The van der Waals surface area contributed by atoms with Crippen LogP contribution in [-0.2, 0) is 13.0 Å². The Labute approximate surface area is 178 Å². The van der Waals surface area contributed by atoms with Crippen molar-refractivity contribution in [3.05, 3.63) is 67.0 Å². The van der Waals surface area contributed by atoms with E-state index in [2.05, 4.69) is 15.5 Å². The minimum Gasteiger partial charge on any atom is -0.361 e. The molecule has 3 aromatic rings. The van der Waals surface area contributed by atoms with E-state index in [-0.39, 0.29) is 27.9 Å². The van der Waals surface area contributed by atoms with Gasteiger partial charge in [0.1, 0.15) is 10.8 Å². The van der Waals surface area contributed by atoms with Crippen LogP contribution in [0.4, 0.5) is 10.8 Å². The first kappa shape index (κ1) is 20.0. The van der Waals surface area contributed by atoms with Crippen molar-refractivity contribution in [3.63, 3.8) is 0 Å². The molecule has 0 saturated carbocycles. The minimum atomic E-state index is -0.623. The summed E-state index contributed by atoms with van der Waals surface area (Å²) in [5.41, 5.74) is 0.833. The molecule has 2 amide bonds. The molecule has 0 radical (unpaired) electrons. The third-order valence-corrected chi connectivity index (χ3v) is 5.81. The number of nitrogens with zero attached hydrogens (tertiary/aromatic N) is 4. The lowest BCUT2D eigenvalue weighted by Gasteiger charge is -2.26. The highest BCUT2D eigenvalue weighted by Gasteiger charge is 2.27. The Kier molecular flexibility index (Phi) is 5.22. The SMILES string of the molecule is Cc1cc(C(=O)Nc2nc3c(s2)CN(C(=O)c2ccc(Cl)c([N+](=O)[O-])c2)CC3)no1. The molecule has 154 valence electrons. The average Bonchev–Trinajstić information content (AvgIpc) is 3.32. The zero-order valence-electron chi connectivity index (χ0n) is 15.5. The smallest absolute Gasteiger partial charge is 0.288 e. The van der Waals surface area contributed by atoms with Crippen molar-refractivity contribution in [1.82, 2.24) is 15.0 Å². The number of rotatable bonds is 4. The molecule has 1 aliphatic heterocycles. The van der Waals surface area contributed by atoms with E-state index >= 15 is 0 Å². The number of thiazole rings is 1. The number of halogens is 1. The first-order valence-electron chi connectivity index (χ1n) is 8.78. The van der Waals surface area contributed by atoms with E-state index < -0.39 is 10.8 Å². The van der Waals surface area contributed by atoms with Crippen LogP contribution in [0.3, 0.4) is 0 Å². The number of nitro benzene ring substituents is 1. The Bertz CT molecular complexity index is 1170. The quantitative estimate of drug-likeness (QED) is 0.478. The molecule has 0 spiro atoms. The van der Waals surface area contributed by atoms with Crippen LogP contribution in [0.5, 0.6) is 0 Å². The summed E-state index contributed by atoms with van der Waals surface area (Å²) in [5.74, 6) is -0.244. The van der Waals surface area contributed by atoms with Crippen molar-refractivity contribution in [2.45, 2.75) is 19.9 Å². The predicted molar refractivity (Wildman–Crippen MR) is 108 cm³/mol. The van der Waals surface area contributed by atoms with E-state index in [4.69, 9.17) is 16.1 Å². The second kappa shape index (κ2) is 7.84. The van der Waals surface area contributed by atoms with Gasteiger partial charge >= 0.3 is 0 Å². The summed E-state index contributed by atoms with van der Waals surface area (Å²) in [6.45, 7) is 2.38. The molecule has 1 N–H and O–H groups in total. The van der Waals surface area contributed by atoms with Crippen molar-refractivity contribution < 1.29 is 19.0 Å². The van der Waals surface area contributed by atoms with Crippen LogP contribution in [0.15, 0.2) is 28.8 Å². The van der Waals surface area contributed by atoms with Crippen LogP contribution in [0.25, 0.3) is 0 Å². The molecule has 1 aromatic carbocycles. The molecule has 30 heavy (non-hydrogen) atoms. The Morgan fingerprint density at radius 1 is 1.37 bits per heavy atom. The number of fused-ring (bicyclic) bond motifs is 1. The van der Waals surface area contributed by atoms with Crippen LogP contribution < -0.4 is 5.32 Å². The third kappa shape index (κ3) is 3.89. The lowest BCUT2D eigenvalue weighted by molar-refractivity contribution is -0.384. The molecule has 0 fully saturated rings. The molecule has 2 aromatic heterocycles. The van der Waals surface area contributed by atoms with Crippen molar-refractivity contribution >= 4 is 45.6 Å². The van der Waals surface area contributed by atoms with E-state index in [0.717, 1.165) is 10.6 Å². The minimum absolute atomic E-state index is 0.0253. The fourth-order valence-electron chi connectivity index (χ4n) is 3.03. The number of carbonyl (C=O) groups is 2. The Hall–Kier alpha value is -3.31. The molecular formula is C18H14ClN5O5S. The highest BCUT2D eigenvalue weighted by molar-refractivity contribution is 7.15. The number of hydrogen-bond acceptors (Lipinski definition) is 8. The van der Waals surface area contributed by atoms with E-state index in [1.54, 1.807) is 11.8 Å². The van der Waals surface area contributed by atoms with Gasteiger partial charge in [0.25, 0.3) is 17.5 Å². The van der Waals surface area contributed by atoms with Gasteiger partial charge in [0.15, 0.2) is 10.8 Å². The zero-order valence-corrected chi connectivity index (χ0v) is 17.1. The monoisotopic (exact) mass is 447 g/mol. The summed E-state index contributed by atoms with van der Waals surface area (Å²) in [6, 6.07) is 5.51. The van der Waals surface area contributed by atoms with Crippen molar-refractivity contribution in [1.29, 1.82) is 0 Å². The number of nitrogens with one attached hydrogen (secondary N) is 1. The number of nitro groups is 1. The number of aromatic nitrogens is 2. The molecule has 10 nitrogen and oxygen atoms in total. The van der Waals surface area contributed by atoms with Crippen molar-refractivity contribution in [2.75, 3.05) is 11.9 Å². The number of carbonyl (C=O) groups excluding carboxylic acids is 2. The molecule has 12 heteroatoms. The second-order valence-electron chi connectivity index (χ2n) is 6.57. The van der Waals surface area contributed by atoms with Crippen LogP contribution in [-0.4, -0.2) is 38.3 Å². The molecule has 0 saturated heterocycles. The molecule has 1 aliphatic rings. The largest absolute Gasteiger partial charge is 0.361 e. The van der Waals surface area contributed by atoms with Gasteiger partial charge in [-0.15, -0.1) is 0 Å². The maximum Gasteiger partial charge on any atom is 0.288 e. The molecule has 4 rings (SSSR count). The lowest BCUT2D eigenvalue weighted by atomic mass is 10.1. The predicted octanol–water partition coefficient (Wildman–Crippen LogP) is 3.45. The maximum absolute atomic E-state index is 12.8. The van der Waals surface area contributed by atoms with Gasteiger partial charge < -0.3 is 9.42 Å². The average molecular weight is 448 g/mol. The molecule has 0 atom stereocenters. The van der Waals surface area contributed by atoms with Crippen LogP contribution >= 0.6 is 22.9 Å². The Balaban J connectivity index is 1.49. The summed E-state index contributed by atoms with van der Waals surface area (Å²) in [5, 5.41) is 17.8. The third-order valence-electron chi connectivity index (χ3n) is 4.49. The molecule has 0 bridgehead atoms. The summed E-state index contributed by atoms with van der Waals surface area (Å²) >= 11 is 7.09. The van der Waals surface area contributed by atoms with Gasteiger partial charge in [0.2, 0.25) is 0 Å². The van der Waals surface area contributed by atoms with E-state index in [0.29, 0.717) is 30.4 Å².